The van der Waals surface area contributed by atoms with Crippen LogP contribution >= 0.6 is 0 Å². The number of nitriles is 1. The van der Waals surface area contributed by atoms with Crippen LogP contribution in [0.4, 0.5) is 5.69 Å². The van der Waals surface area contributed by atoms with Gasteiger partial charge in [-0.3, -0.25) is 0 Å². The Bertz CT molecular complexity index is 3320. The molecule has 0 aliphatic rings. The van der Waals surface area contributed by atoms with Crippen LogP contribution in [-0.2, 0) is 0 Å². The Hall–Kier alpha value is -7.60. The standard InChI is InChI=1S/C48H27N5/c1-50-39-28-47(52-42-20-10-6-16-36(42)37-17-7-11-21-43(37)52)46(26-31(39)29-49)53-44-25-23-32(27-38(44)48-33-13-3-2-12-30(33)22-24-45(48)53)51-40-18-8-4-14-34(40)35-15-5-9-19-41(35)51/h2-28H. The topological polar surface area (TPSA) is 42.9 Å². The van der Waals surface area contributed by atoms with Gasteiger partial charge in [-0.05, 0) is 71.4 Å². The molecule has 11 aromatic rings. The first-order valence-electron chi connectivity index (χ1n) is 17.6. The number of rotatable bonds is 3. The SMILES string of the molecule is [C-]#[N+]c1cc(-n2c3ccccc3c3ccccc32)c(-n2c3ccc(-n4c5ccccc5c5ccccc54)cc3c3c4ccccc4ccc32)cc1C#N. The van der Waals surface area contributed by atoms with E-state index in [9.17, 15) is 5.26 Å². The quantitative estimate of drug-likeness (QED) is 0.172. The first-order valence-corrected chi connectivity index (χ1v) is 17.6. The van der Waals surface area contributed by atoms with Gasteiger partial charge in [0.05, 0.1) is 62.7 Å². The van der Waals surface area contributed by atoms with Gasteiger partial charge < -0.3 is 13.7 Å². The van der Waals surface area contributed by atoms with Crippen LogP contribution in [0.1, 0.15) is 5.56 Å². The van der Waals surface area contributed by atoms with E-state index in [4.69, 9.17) is 6.57 Å². The van der Waals surface area contributed by atoms with Gasteiger partial charge in [0, 0.05) is 38.0 Å². The highest BCUT2D eigenvalue weighted by Crippen LogP contribution is 2.43. The van der Waals surface area contributed by atoms with Crippen molar-refractivity contribution in [3.8, 4) is 23.1 Å². The molecule has 0 saturated heterocycles. The average Bonchev–Trinajstić information content (AvgIpc) is 3.86. The summed E-state index contributed by atoms with van der Waals surface area (Å²) < 4.78 is 6.90. The second-order valence-corrected chi connectivity index (χ2v) is 13.5. The van der Waals surface area contributed by atoms with E-state index >= 15 is 0 Å². The number of hydrogen-bond acceptors (Lipinski definition) is 1. The van der Waals surface area contributed by atoms with Crippen molar-refractivity contribution in [1.29, 1.82) is 5.26 Å². The Kier molecular flexibility index (Phi) is 6.02. The molecule has 0 saturated carbocycles. The molecular weight excluding hydrogens is 647 g/mol. The first kappa shape index (κ1) is 29.2. The summed E-state index contributed by atoms with van der Waals surface area (Å²) in [6.07, 6.45) is 0. The summed E-state index contributed by atoms with van der Waals surface area (Å²) in [5.74, 6) is 0. The van der Waals surface area contributed by atoms with Crippen LogP contribution in [0.5, 0.6) is 0 Å². The Morgan fingerprint density at radius 1 is 0.434 bits per heavy atom. The molecule has 5 nitrogen and oxygen atoms in total. The van der Waals surface area contributed by atoms with Gasteiger partial charge >= 0.3 is 0 Å². The Labute approximate surface area is 303 Å². The van der Waals surface area contributed by atoms with Gasteiger partial charge in [0.15, 0.2) is 0 Å². The van der Waals surface area contributed by atoms with Crippen LogP contribution in [0.15, 0.2) is 164 Å². The maximum Gasteiger partial charge on any atom is 0.206 e. The minimum atomic E-state index is 0.327. The lowest BCUT2D eigenvalue weighted by Crippen LogP contribution is -2.04. The molecule has 0 bridgehead atoms. The number of hydrogen-bond donors (Lipinski definition) is 0. The molecule has 53 heavy (non-hydrogen) atoms. The highest BCUT2D eigenvalue weighted by Gasteiger charge is 2.23. The smallest absolute Gasteiger partial charge is 0.206 e. The zero-order valence-electron chi connectivity index (χ0n) is 28.3. The van der Waals surface area contributed by atoms with Crippen LogP contribution in [0.3, 0.4) is 0 Å². The highest BCUT2D eigenvalue weighted by molar-refractivity contribution is 6.22. The molecule has 3 heterocycles. The Morgan fingerprint density at radius 3 is 1.49 bits per heavy atom. The van der Waals surface area contributed by atoms with Gasteiger partial charge in [0.1, 0.15) is 0 Å². The fraction of sp³-hybridized carbons (Fsp3) is 0. The van der Waals surface area contributed by atoms with Crippen LogP contribution < -0.4 is 0 Å². The lowest BCUT2D eigenvalue weighted by molar-refractivity contribution is 1.09. The molecule has 8 aromatic carbocycles. The van der Waals surface area contributed by atoms with Crippen LogP contribution in [-0.4, -0.2) is 13.7 Å². The fourth-order valence-electron chi connectivity index (χ4n) is 8.67. The van der Waals surface area contributed by atoms with E-state index < -0.39 is 0 Å². The minimum Gasteiger partial charge on any atom is -0.309 e. The lowest BCUT2D eigenvalue weighted by Gasteiger charge is -2.18. The maximum absolute atomic E-state index is 10.4. The number of fused-ring (bicyclic) bond motifs is 11. The predicted molar refractivity (Wildman–Crippen MR) is 218 cm³/mol. The molecular formula is C48H27N5. The number of para-hydroxylation sites is 4. The molecule has 3 aromatic heterocycles. The lowest BCUT2D eigenvalue weighted by atomic mass is 10.0. The van der Waals surface area contributed by atoms with Gasteiger partial charge in [0.25, 0.3) is 0 Å². The van der Waals surface area contributed by atoms with Crippen molar-refractivity contribution >= 4 is 81.9 Å². The molecule has 11 rings (SSSR count). The zero-order chi connectivity index (χ0) is 35.2. The molecule has 0 aliphatic carbocycles. The molecule has 244 valence electrons. The summed E-state index contributed by atoms with van der Waals surface area (Å²) in [6.45, 7) is 8.10. The van der Waals surface area contributed by atoms with Crippen molar-refractivity contribution in [2.75, 3.05) is 0 Å². The summed E-state index contributed by atoms with van der Waals surface area (Å²) in [5.41, 5.74) is 9.85. The predicted octanol–water partition coefficient (Wildman–Crippen LogP) is 12.6. The number of nitrogens with zero attached hydrogens (tertiary/aromatic N) is 5. The summed E-state index contributed by atoms with van der Waals surface area (Å²) in [6, 6.07) is 59.8. The summed E-state index contributed by atoms with van der Waals surface area (Å²) in [5, 5.41) is 19.7. The van der Waals surface area contributed by atoms with Crippen molar-refractivity contribution in [3.05, 3.63) is 181 Å². The maximum atomic E-state index is 10.4. The summed E-state index contributed by atoms with van der Waals surface area (Å²) >= 11 is 0. The molecule has 0 unspecified atom stereocenters. The van der Waals surface area contributed by atoms with E-state index in [0.717, 1.165) is 82.5 Å². The molecule has 0 spiro atoms. The van der Waals surface area contributed by atoms with Crippen LogP contribution in [0, 0.1) is 17.9 Å². The average molecular weight is 674 g/mol. The molecule has 0 amide bonds. The van der Waals surface area contributed by atoms with Crippen molar-refractivity contribution in [3.63, 3.8) is 0 Å². The van der Waals surface area contributed by atoms with Crippen molar-refractivity contribution < 1.29 is 0 Å². The van der Waals surface area contributed by atoms with Crippen molar-refractivity contribution in [2.45, 2.75) is 0 Å². The third kappa shape index (κ3) is 3.99. The Morgan fingerprint density at radius 2 is 0.906 bits per heavy atom. The van der Waals surface area contributed by atoms with E-state index in [2.05, 4.69) is 176 Å². The molecule has 0 radical (unpaired) electrons. The third-order valence-electron chi connectivity index (χ3n) is 10.9. The summed E-state index contributed by atoms with van der Waals surface area (Å²) in [4.78, 5) is 3.85. The number of aromatic nitrogens is 3. The van der Waals surface area contributed by atoms with Crippen LogP contribution in [0.2, 0.25) is 0 Å². The monoisotopic (exact) mass is 673 g/mol. The Balaban J connectivity index is 1.30. The zero-order valence-corrected chi connectivity index (χ0v) is 28.3. The van der Waals surface area contributed by atoms with E-state index in [0.29, 0.717) is 11.3 Å². The van der Waals surface area contributed by atoms with Crippen molar-refractivity contribution in [2.24, 2.45) is 0 Å². The van der Waals surface area contributed by atoms with Crippen LogP contribution in [0.25, 0.3) is 98.1 Å². The third-order valence-corrected chi connectivity index (χ3v) is 10.9. The van der Waals surface area contributed by atoms with E-state index in [-0.39, 0.29) is 0 Å². The normalized spacial score (nSPS) is 11.7. The van der Waals surface area contributed by atoms with E-state index in [1.807, 2.05) is 12.1 Å². The highest BCUT2D eigenvalue weighted by atomic mass is 15.1. The van der Waals surface area contributed by atoms with Gasteiger partial charge in [0.2, 0.25) is 5.69 Å². The molecule has 0 N–H and O–H groups in total. The fourth-order valence-corrected chi connectivity index (χ4v) is 8.67. The van der Waals surface area contributed by atoms with Gasteiger partial charge in [-0.25, -0.2) is 4.85 Å². The second-order valence-electron chi connectivity index (χ2n) is 13.5. The second kappa shape index (κ2) is 10.9. The molecule has 0 atom stereocenters. The van der Waals surface area contributed by atoms with E-state index in [1.165, 1.54) is 10.8 Å². The van der Waals surface area contributed by atoms with Gasteiger partial charge in [-0.15, -0.1) is 0 Å². The molecule has 0 fully saturated rings. The van der Waals surface area contributed by atoms with Gasteiger partial charge in [-0.1, -0.05) is 103 Å². The number of benzene rings is 8. The summed E-state index contributed by atoms with van der Waals surface area (Å²) in [7, 11) is 0. The minimum absolute atomic E-state index is 0.327. The molecule has 5 heteroatoms. The molecule has 0 aliphatic heterocycles. The van der Waals surface area contributed by atoms with Gasteiger partial charge in [-0.2, -0.15) is 5.26 Å². The van der Waals surface area contributed by atoms with Crippen molar-refractivity contribution in [1.82, 2.24) is 13.7 Å². The largest absolute Gasteiger partial charge is 0.309 e. The first-order chi connectivity index (χ1) is 26.2. The van der Waals surface area contributed by atoms with E-state index in [1.54, 1.807) is 0 Å².